The third-order valence-corrected chi connectivity index (χ3v) is 3.11. The van der Waals surface area contributed by atoms with E-state index in [9.17, 15) is 23.1 Å². The van der Waals surface area contributed by atoms with Crippen LogP contribution in [-0.2, 0) is 10.9 Å². The first-order valence-electron chi connectivity index (χ1n) is 6.06. The first kappa shape index (κ1) is 14.8. The molecular formula is C13H14F3NO3. The molecule has 7 heteroatoms. The molecule has 1 aromatic carbocycles. The van der Waals surface area contributed by atoms with Crippen LogP contribution in [0.15, 0.2) is 24.3 Å². The molecule has 20 heavy (non-hydrogen) atoms. The summed E-state index contributed by atoms with van der Waals surface area (Å²) in [4.78, 5) is 11.8. The molecule has 1 aliphatic heterocycles. The zero-order valence-electron chi connectivity index (χ0n) is 10.5. The lowest BCUT2D eigenvalue weighted by Gasteiger charge is -2.20. The fourth-order valence-corrected chi connectivity index (χ4v) is 1.92. The zero-order valence-corrected chi connectivity index (χ0v) is 10.5. The minimum atomic E-state index is -4.49. The van der Waals surface area contributed by atoms with E-state index in [0.29, 0.717) is 13.0 Å². The van der Waals surface area contributed by atoms with Crippen LogP contribution < -0.4 is 5.32 Å². The Balaban J connectivity index is 2.02. The Morgan fingerprint density at radius 2 is 2.20 bits per heavy atom. The summed E-state index contributed by atoms with van der Waals surface area (Å²) in [6, 6.07) is 4.14. The van der Waals surface area contributed by atoms with Crippen molar-refractivity contribution in [2.75, 3.05) is 19.8 Å². The summed E-state index contributed by atoms with van der Waals surface area (Å²) in [7, 11) is 0. The van der Waals surface area contributed by atoms with Crippen LogP contribution in [0.5, 0.6) is 0 Å². The van der Waals surface area contributed by atoms with E-state index in [1.54, 1.807) is 0 Å². The average molecular weight is 289 g/mol. The molecule has 110 valence electrons. The monoisotopic (exact) mass is 289 g/mol. The van der Waals surface area contributed by atoms with Crippen molar-refractivity contribution >= 4 is 5.91 Å². The van der Waals surface area contributed by atoms with E-state index in [1.807, 2.05) is 0 Å². The van der Waals surface area contributed by atoms with E-state index in [2.05, 4.69) is 5.32 Å². The topological polar surface area (TPSA) is 58.6 Å². The van der Waals surface area contributed by atoms with Gasteiger partial charge in [0.15, 0.2) is 0 Å². The number of carbonyl (C=O) groups excluding carboxylic acids is 1. The second-order valence-corrected chi connectivity index (χ2v) is 4.79. The van der Waals surface area contributed by atoms with Gasteiger partial charge in [-0.15, -0.1) is 0 Å². The number of benzene rings is 1. The number of halogens is 3. The number of ether oxygens (including phenoxy) is 1. The predicted octanol–water partition coefficient (Wildman–Crippen LogP) is 1.59. The van der Waals surface area contributed by atoms with Gasteiger partial charge in [-0.05, 0) is 18.2 Å². The number of amides is 1. The molecule has 2 N–H and O–H groups in total. The molecule has 0 spiro atoms. The van der Waals surface area contributed by atoms with Crippen LogP contribution in [0.25, 0.3) is 0 Å². The van der Waals surface area contributed by atoms with Gasteiger partial charge >= 0.3 is 6.18 Å². The fraction of sp³-hybridized carbons (Fsp3) is 0.462. The summed E-state index contributed by atoms with van der Waals surface area (Å²) >= 11 is 0. The molecule has 0 saturated carbocycles. The van der Waals surface area contributed by atoms with Crippen LogP contribution in [0.3, 0.4) is 0 Å². The average Bonchev–Trinajstić information content (AvgIpc) is 2.83. The lowest BCUT2D eigenvalue weighted by molar-refractivity contribution is -0.137. The standard InChI is InChI=1S/C13H14F3NO3/c14-13(15,16)10-3-1-2-9(6-10)11(18)17-7-12(19)4-5-20-8-12/h1-3,6,19H,4-5,7-8H2,(H,17,18)/t12-/m1/s1. The molecule has 1 aliphatic rings. The van der Waals surface area contributed by atoms with Crippen molar-refractivity contribution in [2.45, 2.75) is 18.2 Å². The lowest BCUT2D eigenvalue weighted by Crippen LogP contribution is -2.43. The fourth-order valence-electron chi connectivity index (χ4n) is 1.92. The quantitative estimate of drug-likeness (QED) is 0.888. The summed E-state index contributed by atoms with van der Waals surface area (Å²) in [5.41, 5.74) is -2.12. The highest BCUT2D eigenvalue weighted by molar-refractivity contribution is 5.94. The Bertz CT molecular complexity index is 496. The molecule has 0 bridgehead atoms. The molecule has 2 rings (SSSR count). The van der Waals surface area contributed by atoms with Crippen LogP contribution >= 0.6 is 0 Å². The molecule has 1 amide bonds. The van der Waals surface area contributed by atoms with Crippen LogP contribution in [0, 0.1) is 0 Å². The Morgan fingerprint density at radius 1 is 1.45 bits per heavy atom. The van der Waals surface area contributed by atoms with Crippen molar-refractivity contribution in [1.29, 1.82) is 0 Å². The lowest BCUT2D eigenvalue weighted by atomic mass is 10.0. The Labute approximate surface area is 113 Å². The maximum atomic E-state index is 12.5. The molecule has 0 aromatic heterocycles. The second kappa shape index (κ2) is 5.41. The summed E-state index contributed by atoms with van der Waals surface area (Å²) in [5, 5.41) is 12.4. The van der Waals surface area contributed by atoms with Gasteiger partial charge in [0.1, 0.15) is 5.60 Å². The highest BCUT2D eigenvalue weighted by Gasteiger charge is 2.33. The van der Waals surface area contributed by atoms with E-state index < -0.39 is 23.2 Å². The summed E-state index contributed by atoms with van der Waals surface area (Å²) in [6.07, 6.45) is -4.11. The summed E-state index contributed by atoms with van der Waals surface area (Å²) < 4.78 is 42.6. The molecule has 1 fully saturated rings. The van der Waals surface area contributed by atoms with Crippen LogP contribution in [0.2, 0.25) is 0 Å². The Hall–Kier alpha value is -1.60. The molecule has 4 nitrogen and oxygen atoms in total. The van der Waals surface area contributed by atoms with Crippen molar-refractivity contribution in [2.24, 2.45) is 0 Å². The van der Waals surface area contributed by atoms with Gasteiger partial charge in [0.25, 0.3) is 5.91 Å². The SMILES string of the molecule is O=C(NC[C@]1(O)CCOC1)c1cccc(C(F)(F)F)c1. The highest BCUT2D eigenvalue weighted by Crippen LogP contribution is 2.29. The molecule has 0 aliphatic carbocycles. The third kappa shape index (κ3) is 3.49. The van der Waals surface area contributed by atoms with E-state index in [1.165, 1.54) is 12.1 Å². The summed E-state index contributed by atoms with van der Waals surface area (Å²) in [5.74, 6) is -0.656. The van der Waals surface area contributed by atoms with Gasteiger partial charge < -0.3 is 15.2 Å². The van der Waals surface area contributed by atoms with Crippen molar-refractivity contribution < 1.29 is 27.8 Å². The minimum absolute atomic E-state index is 0.0535. The number of nitrogens with one attached hydrogen (secondary N) is 1. The Morgan fingerprint density at radius 3 is 2.80 bits per heavy atom. The van der Waals surface area contributed by atoms with Crippen molar-refractivity contribution in [3.8, 4) is 0 Å². The van der Waals surface area contributed by atoms with Crippen molar-refractivity contribution in [3.05, 3.63) is 35.4 Å². The summed E-state index contributed by atoms with van der Waals surface area (Å²) in [6.45, 7) is 0.452. The molecule has 0 radical (unpaired) electrons. The Kier molecular flexibility index (Phi) is 4.01. The second-order valence-electron chi connectivity index (χ2n) is 4.79. The van der Waals surface area contributed by atoms with E-state index >= 15 is 0 Å². The van der Waals surface area contributed by atoms with Gasteiger partial charge in [0, 0.05) is 25.1 Å². The molecule has 1 aromatic rings. The van der Waals surface area contributed by atoms with Gasteiger partial charge in [0.05, 0.1) is 12.2 Å². The van der Waals surface area contributed by atoms with Gasteiger partial charge in [-0.25, -0.2) is 0 Å². The number of aliphatic hydroxyl groups is 1. The van der Waals surface area contributed by atoms with E-state index in [-0.39, 0.29) is 18.7 Å². The first-order chi connectivity index (χ1) is 9.30. The van der Waals surface area contributed by atoms with Crippen molar-refractivity contribution in [1.82, 2.24) is 5.32 Å². The number of alkyl halides is 3. The molecule has 1 saturated heterocycles. The molecular weight excluding hydrogens is 275 g/mol. The van der Waals surface area contributed by atoms with Gasteiger partial charge in [-0.3, -0.25) is 4.79 Å². The number of hydrogen-bond donors (Lipinski definition) is 2. The number of rotatable bonds is 3. The maximum Gasteiger partial charge on any atom is 0.416 e. The minimum Gasteiger partial charge on any atom is -0.386 e. The number of hydrogen-bond acceptors (Lipinski definition) is 3. The maximum absolute atomic E-state index is 12.5. The van der Waals surface area contributed by atoms with Crippen LogP contribution in [0.1, 0.15) is 22.3 Å². The third-order valence-electron chi connectivity index (χ3n) is 3.11. The zero-order chi connectivity index (χ0) is 14.8. The van der Waals surface area contributed by atoms with E-state index in [4.69, 9.17) is 4.74 Å². The van der Waals surface area contributed by atoms with E-state index in [0.717, 1.165) is 12.1 Å². The van der Waals surface area contributed by atoms with Crippen LogP contribution in [0.4, 0.5) is 13.2 Å². The van der Waals surface area contributed by atoms with Gasteiger partial charge in [-0.2, -0.15) is 13.2 Å². The van der Waals surface area contributed by atoms with Crippen molar-refractivity contribution in [3.63, 3.8) is 0 Å². The largest absolute Gasteiger partial charge is 0.416 e. The van der Waals surface area contributed by atoms with Gasteiger partial charge in [0.2, 0.25) is 0 Å². The predicted molar refractivity (Wildman–Crippen MR) is 64.2 cm³/mol. The highest BCUT2D eigenvalue weighted by atomic mass is 19.4. The van der Waals surface area contributed by atoms with Crippen LogP contribution in [-0.4, -0.2) is 36.4 Å². The number of carbonyl (C=O) groups is 1. The molecule has 1 heterocycles. The smallest absolute Gasteiger partial charge is 0.386 e. The normalized spacial score (nSPS) is 22.8. The molecule has 1 atom stereocenters. The first-order valence-corrected chi connectivity index (χ1v) is 6.06. The molecule has 0 unspecified atom stereocenters. The van der Waals surface area contributed by atoms with Gasteiger partial charge in [-0.1, -0.05) is 6.07 Å².